The Morgan fingerprint density at radius 3 is 3.20 bits per heavy atom. The first-order valence-electron chi connectivity index (χ1n) is 7.20. The van der Waals surface area contributed by atoms with Gasteiger partial charge in [0.2, 0.25) is 0 Å². The van der Waals surface area contributed by atoms with Crippen molar-refractivity contribution in [1.82, 2.24) is 20.1 Å². The molecule has 2 heterocycles. The summed E-state index contributed by atoms with van der Waals surface area (Å²) in [6.45, 7) is 4.00. The van der Waals surface area contributed by atoms with Gasteiger partial charge in [-0.2, -0.15) is 0 Å². The monoisotopic (exact) mass is 288 g/mol. The molecule has 2 aromatic rings. The van der Waals surface area contributed by atoms with Crippen molar-refractivity contribution >= 4 is 11.8 Å². The molecular weight excluding hydrogens is 268 g/mol. The van der Waals surface area contributed by atoms with E-state index in [-0.39, 0.29) is 0 Å². The molecule has 0 spiro atoms. The van der Waals surface area contributed by atoms with Gasteiger partial charge >= 0.3 is 0 Å². The normalized spacial score (nSPS) is 17.9. The largest absolute Gasteiger partial charge is 0.316 e. The molecule has 5 heteroatoms. The van der Waals surface area contributed by atoms with Gasteiger partial charge < -0.3 is 9.88 Å². The molecule has 1 aromatic heterocycles. The van der Waals surface area contributed by atoms with Crippen molar-refractivity contribution < 1.29 is 0 Å². The lowest BCUT2D eigenvalue weighted by Gasteiger charge is -2.26. The minimum absolute atomic E-state index is 0.481. The van der Waals surface area contributed by atoms with Crippen LogP contribution in [0.25, 0.3) is 0 Å². The fourth-order valence-electron chi connectivity index (χ4n) is 2.65. The molecule has 0 amide bonds. The third-order valence-corrected chi connectivity index (χ3v) is 4.84. The molecule has 0 radical (unpaired) electrons. The van der Waals surface area contributed by atoms with E-state index in [9.17, 15) is 0 Å². The molecule has 1 atom stereocenters. The summed E-state index contributed by atoms with van der Waals surface area (Å²) >= 11 is 1.96. The second kappa shape index (κ2) is 6.41. The van der Waals surface area contributed by atoms with Gasteiger partial charge in [-0.15, -0.1) is 22.0 Å². The molecule has 1 unspecified atom stereocenters. The minimum Gasteiger partial charge on any atom is -0.316 e. The van der Waals surface area contributed by atoms with Gasteiger partial charge in [0.1, 0.15) is 12.2 Å². The summed E-state index contributed by atoms with van der Waals surface area (Å²) in [4.78, 5) is 1.43. The van der Waals surface area contributed by atoms with Crippen LogP contribution in [0.15, 0.2) is 35.5 Å². The Morgan fingerprint density at radius 2 is 2.30 bits per heavy atom. The van der Waals surface area contributed by atoms with Crippen LogP contribution in [0.1, 0.15) is 30.8 Å². The van der Waals surface area contributed by atoms with Crippen LogP contribution in [0.3, 0.4) is 0 Å². The molecular formula is C15H20N4S. The van der Waals surface area contributed by atoms with Crippen LogP contribution in [0.4, 0.5) is 0 Å². The van der Waals surface area contributed by atoms with Crippen molar-refractivity contribution in [2.45, 2.75) is 37.2 Å². The number of hydrogen-bond donors (Lipinski definition) is 1. The van der Waals surface area contributed by atoms with Crippen LogP contribution in [0.5, 0.6) is 0 Å². The minimum atomic E-state index is 0.481. The third-order valence-electron chi connectivity index (χ3n) is 3.71. The number of aromatic nitrogens is 3. The van der Waals surface area contributed by atoms with Gasteiger partial charge in [-0.1, -0.05) is 25.1 Å². The molecule has 0 aliphatic carbocycles. The lowest BCUT2D eigenvalue weighted by Crippen LogP contribution is -2.28. The summed E-state index contributed by atoms with van der Waals surface area (Å²) < 4.78 is 2.14. The van der Waals surface area contributed by atoms with E-state index in [0.717, 1.165) is 25.3 Å². The van der Waals surface area contributed by atoms with E-state index < -0.39 is 0 Å². The van der Waals surface area contributed by atoms with Crippen LogP contribution in [0, 0.1) is 0 Å². The van der Waals surface area contributed by atoms with Crippen molar-refractivity contribution in [3.8, 4) is 0 Å². The molecule has 0 fully saturated rings. The molecule has 106 valence electrons. The summed E-state index contributed by atoms with van der Waals surface area (Å²) in [5.41, 5.74) is 1.45. The Bertz CT molecular complexity index is 567. The first-order valence-corrected chi connectivity index (χ1v) is 8.19. The number of rotatable bonds is 5. The number of benzene rings is 1. The van der Waals surface area contributed by atoms with Crippen molar-refractivity contribution in [2.24, 2.45) is 0 Å². The maximum absolute atomic E-state index is 4.12. The van der Waals surface area contributed by atoms with Gasteiger partial charge in [-0.05, 0) is 23.8 Å². The van der Waals surface area contributed by atoms with Crippen molar-refractivity contribution in [3.05, 3.63) is 42.0 Å². The van der Waals surface area contributed by atoms with Crippen LogP contribution in [-0.4, -0.2) is 27.1 Å². The molecule has 3 rings (SSSR count). The second-order valence-electron chi connectivity index (χ2n) is 4.98. The number of fused-ring (bicyclic) bond motifs is 1. The zero-order valence-corrected chi connectivity index (χ0v) is 12.6. The molecule has 4 nitrogen and oxygen atoms in total. The van der Waals surface area contributed by atoms with Crippen LogP contribution in [-0.2, 0) is 13.0 Å². The predicted molar refractivity (Wildman–Crippen MR) is 81.9 cm³/mol. The van der Waals surface area contributed by atoms with Gasteiger partial charge in [0.05, 0.1) is 0 Å². The Labute approximate surface area is 124 Å². The second-order valence-corrected chi connectivity index (χ2v) is 6.11. The topological polar surface area (TPSA) is 42.7 Å². The van der Waals surface area contributed by atoms with Crippen molar-refractivity contribution in [3.63, 3.8) is 0 Å². The highest BCUT2D eigenvalue weighted by molar-refractivity contribution is 7.99. The maximum Gasteiger partial charge on any atom is 0.132 e. The lowest BCUT2D eigenvalue weighted by molar-refractivity contribution is 0.481. The molecule has 0 saturated heterocycles. The van der Waals surface area contributed by atoms with Crippen molar-refractivity contribution in [2.75, 3.05) is 12.3 Å². The molecule has 20 heavy (non-hydrogen) atoms. The lowest BCUT2D eigenvalue weighted by atomic mass is 10.0. The summed E-state index contributed by atoms with van der Waals surface area (Å²) in [6, 6.07) is 9.21. The molecule has 0 bridgehead atoms. The Morgan fingerprint density at radius 1 is 1.40 bits per heavy atom. The summed E-state index contributed by atoms with van der Waals surface area (Å²) in [6.07, 6.45) is 3.96. The van der Waals surface area contributed by atoms with Gasteiger partial charge in [0, 0.05) is 30.4 Å². The first-order chi connectivity index (χ1) is 9.88. The van der Waals surface area contributed by atoms with Crippen molar-refractivity contribution in [1.29, 1.82) is 0 Å². The van der Waals surface area contributed by atoms with E-state index in [1.54, 1.807) is 0 Å². The van der Waals surface area contributed by atoms with Crippen LogP contribution < -0.4 is 5.32 Å². The summed E-state index contributed by atoms with van der Waals surface area (Å²) in [5.74, 6) is 2.26. The number of nitrogens with one attached hydrogen (secondary N) is 1. The number of hydrogen-bond acceptors (Lipinski definition) is 4. The van der Waals surface area contributed by atoms with E-state index >= 15 is 0 Å². The summed E-state index contributed by atoms with van der Waals surface area (Å²) in [7, 11) is 0. The molecule has 1 aromatic carbocycles. The zero-order valence-electron chi connectivity index (χ0n) is 11.7. The van der Waals surface area contributed by atoms with E-state index in [2.05, 4.69) is 51.3 Å². The third kappa shape index (κ3) is 2.88. The van der Waals surface area contributed by atoms with Gasteiger partial charge in [-0.3, -0.25) is 0 Å². The smallest absolute Gasteiger partial charge is 0.132 e. The highest BCUT2D eigenvalue weighted by Crippen LogP contribution is 2.35. The average Bonchev–Trinajstić information content (AvgIpc) is 2.95. The molecule has 0 saturated carbocycles. The Balaban J connectivity index is 1.60. The van der Waals surface area contributed by atoms with Gasteiger partial charge in [-0.25, -0.2) is 0 Å². The van der Waals surface area contributed by atoms with Crippen LogP contribution >= 0.6 is 11.8 Å². The van der Waals surface area contributed by atoms with E-state index in [4.69, 9.17) is 0 Å². The number of thioether (sulfide) groups is 1. The summed E-state index contributed by atoms with van der Waals surface area (Å²) in [5, 5.41) is 11.8. The molecule has 1 aliphatic rings. The fourth-order valence-corrected chi connectivity index (χ4v) is 3.78. The highest BCUT2D eigenvalue weighted by Gasteiger charge is 2.19. The SMILES string of the molecule is CCc1nncn1CCNC1CCSc2ccccc21. The van der Waals surface area contributed by atoms with Crippen LogP contribution in [0.2, 0.25) is 0 Å². The van der Waals surface area contributed by atoms with E-state index in [1.165, 1.54) is 22.6 Å². The molecule has 1 N–H and O–H groups in total. The highest BCUT2D eigenvalue weighted by atomic mass is 32.2. The standard InChI is InChI=1S/C15H20N4S/c1-2-15-18-17-11-19(15)9-8-16-13-7-10-20-14-6-4-3-5-12(13)14/h3-6,11,13,16H,2,7-10H2,1H3. The maximum atomic E-state index is 4.12. The number of nitrogens with zero attached hydrogens (tertiary/aromatic N) is 3. The Hall–Kier alpha value is -1.33. The zero-order chi connectivity index (χ0) is 13.8. The Kier molecular flexibility index (Phi) is 4.38. The fraction of sp³-hybridized carbons (Fsp3) is 0.467. The number of aryl methyl sites for hydroxylation is 1. The quantitative estimate of drug-likeness (QED) is 0.918. The van der Waals surface area contributed by atoms with E-state index in [0.29, 0.717) is 6.04 Å². The van der Waals surface area contributed by atoms with Gasteiger partial charge in [0.25, 0.3) is 0 Å². The molecule has 1 aliphatic heterocycles. The first kappa shape index (κ1) is 13.6. The average molecular weight is 288 g/mol. The van der Waals surface area contributed by atoms with E-state index in [1.807, 2.05) is 18.1 Å². The predicted octanol–water partition coefficient (Wildman–Crippen LogP) is 2.67. The van der Waals surface area contributed by atoms with Gasteiger partial charge in [0.15, 0.2) is 0 Å².